The van der Waals surface area contributed by atoms with E-state index in [2.05, 4.69) is 64.5 Å². The normalized spacial score (nSPS) is 14.3. The van der Waals surface area contributed by atoms with Gasteiger partial charge in [0.25, 0.3) is 5.91 Å². The summed E-state index contributed by atoms with van der Waals surface area (Å²) >= 11 is -6.17. The molecule has 312 valence electrons. The maximum atomic E-state index is 11.2. The van der Waals surface area contributed by atoms with Crippen LogP contribution in [0.15, 0.2) is 0 Å². The number of methoxy groups -OCH3 is 2. The van der Waals surface area contributed by atoms with Crippen LogP contribution in [0.2, 0.25) is 0 Å². The number of nitrogens with one attached hydrogen (secondary N) is 3. The quantitative estimate of drug-likeness (QED) is 0.0431. The van der Waals surface area contributed by atoms with Crippen molar-refractivity contribution in [1.29, 1.82) is 0 Å². The van der Waals surface area contributed by atoms with E-state index in [9.17, 15) is 36.0 Å². The van der Waals surface area contributed by atoms with Gasteiger partial charge in [0.05, 0.1) is 14.2 Å². The summed E-state index contributed by atoms with van der Waals surface area (Å²) in [7, 11) is 5.39. The van der Waals surface area contributed by atoms with E-state index in [1.54, 1.807) is 27.7 Å². The summed E-state index contributed by atoms with van der Waals surface area (Å²) in [5.41, 5.74) is 6.03. The zero-order valence-electron chi connectivity index (χ0n) is 32.1. The molecule has 0 bridgehead atoms. The highest BCUT2D eigenvalue weighted by Crippen LogP contribution is 2.00. The topological polar surface area (TPSA) is 275 Å². The fraction of sp³-hybridized carbons (Fsp3) is 0.655. The third-order valence-electron chi connectivity index (χ3n) is 5.21. The summed E-state index contributed by atoms with van der Waals surface area (Å²) < 4.78 is 71.1. The van der Waals surface area contributed by atoms with Crippen LogP contribution in [0.25, 0.3) is 0 Å². The van der Waals surface area contributed by atoms with Crippen LogP contribution in [-0.2, 0) is 90.1 Å². The minimum Gasteiger partial charge on any atom is -0.480 e. The zero-order valence-corrected chi connectivity index (χ0v) is 35.3. The van der Waals surface area contributed by atoms with Gasteiger partial charge in [0.1, 0.15) is 41.4 Å². The van der Waals surface area contributed by atoms with E-state index in [4.69, 9.17) is 18.9 Å². The number of carboxylic acid groups (broad SMARTS) is 1. The van der Waals surface area contributed by atoms with E-state index in [0.717, 1.165) is 10.1 Å². The van der Waals surface area contributed by atoms with Crippen LogP contribution in [0.1, 0.15) is 48.5 Å². The number of likely N-dealkylation sites (N-methyl/N-ethyl adjacent to an activating group) is 2. The Morgan fingerprint density at radius 2 is 1.02 bits per heavy atom. The van der Waals surface area contributed by atoms with Gasteiger partial charge in [0.15, 0.2) is 44.3 Å². The number of rotatable bonds is 19. The van der Waals surface area contributed by atoms with E-state index >= 15 is 0 Å². The van der Waals surface area contributed by atoms with Crippen molar-refractivity contribution in [3.8, 4) is 35.5 Å². The Balaban J connectivity index is -0.000000310. The molecule has 21 nitrogen and oxygen atoms in total. The predicted molar refractivity (Wildman–Crippen MR) is 199 cm³/mol. The number of aliphatic carboxylic acids is 1. The number of hydrogen-bond acceptors (Lipinski definition) is 19. The summed E-state index contributed by atoms with van der Waals surface area (Å²) in [6, 6.07) is -2.84. The first-order valence-corrected chi connectivity index (χ1v) is 20.1. The molecule has 1 amide bonds. The second-order valence-corrected chi connectivity index (χ2v) is 13.4. The Labute approximate surface area is 326 Å². The number of carbonyl (C=O) groups is 4. The lowest BCUT2D eigenvalue weighted by atomic mass is 10.3. The molecule has 25 heteroatoms. The molecule has 0 aliphatic heterocycles. The van der Waals surface area contributed by atoms with Crippen LogP contribution >= 0.6 is 0 Å². The van der Waals surface area contributed by atoms with Crippen molar-refractivity contribution in [2.24, 2.45) is 0 Å². The molecular formula is C29H51N5O16S4. The third-order valence-corrected chi connectivity index (χ3v) is 7.77. The van der Waals surface area contributed by atoms with Crippen LogP contribution < -0.4 is 16.4 Å². The Kier molecular flexibility index (Phi) is 39.2. The van der Waals surface area contributed by atoms with Crippen LogP contribution in [0.3, 0.4) is 0 Å². The second-order valence-electron chi connectivity index (χ2n) is 9.33. The highest BCUT2D eigenvalue weighted by molar-refractivity contribution is 7.80. The first-order chi connectivity index (χ1) is 25.2. The molecular weight excluding hydrogens is 803 g/mol. The molecule has 0 aromatic rings. The first kappa shape index (κ1) is 57.5. The van der Waals surface area contributed by atoms with Gasteiger partial charge < -0.3 is 14.6 Å². The first-order valence-electron chi connectivity index (χ1n) is 14.9. The molecule has 0 radical (unpaired) electrons. The van der Waals surface area contributed by atoms with Gasteiger partial charge in [-0.1, -0.05) is 17.8 Å². The number of nitrogens with zero attached hydrogens (tertiary/aromatic N) is 2. The molecule has 8 atom stereocenters. The SMILES string of the molecule is CC#CCS(=O)ON(C)C(C)C(=O)NO.CC#CCS(=O)ON(C)C(C)C(=O)O.CC#CCS(=O)ONC(C)C(=O)OC.COC(=O)C(C)NOS(C)=O. The molecule has 0 rings (SSSR count). The molecule has 0 aromatic heterocycles. The molecule has 0 saturated carbocycles. The van der Waals surface area contributed by atoms with Crippen LogP contribution in [0.4, 0.5) is 0 Å². The Morgan fingerprint density at radius 1 is 0.667 bits per heavy atom. The van der Waals surface area contributed by atoms with E-state index in [-0.39, 0.29) is 17.3 Å². The minimum atomic E-state index is -1.60. The van der Waals surface area contributed by atoms with E-state index in [1.165, 1.54) is 60.8 Å². The Bertz CT molecular complexity index is 1420. The van der Waals surface area contributed by atoms with Crippen molar-refractivity contribution >= 4 is 68.1 Å². The lowest BCUT2D eigenvalue weighted by Crippen LogP contribution is -2.42. The summed E-state index contributed by atoms with van der Waals surface area (Å²) in [6.45, 7) is 10.9. The predicted octanol–water partition coefficient (Wildman–Crippen LogP) is -1.44. The number of amides is 1. The number of hydroxylamine groups is 7. The summed E-state index contributed by atoms with van der Waals surface area (Å²) in [6.07, 6.45) is 1.34. The highest BCUT2D eigenvalue weighted by Gasteiger charge is 2.21. The average Bonchev–Trinajstić information content (AvgIpc) is 3.15. The van der Waals surface area contributed by atoms with Gasteiger partial charge in [-0.05, 0) is 48.5 Å². The summed E-state index contributed by atoms with van der Waals surface area (Å²) in [5.74, 6) is 13.1. The molecule has 0 fully saturated rings. The average molecular weight is 854 g/mol. The minimum absolute atomic E-state index is 0.0766. The molecule has 54 heavy (non-hydrogen) atoms. The van der Waals surface area contributed by atoms with Gasteiger partial charge in [0.2, 0.25) is 0 Å². The summed E-state index contributed by atoms with van der Waals surface area (Å²) in [5, 5.41) is 19.1. The van der Waals surface area contributed by atoms with Crippen LogP contribution in [-0.4, -0.2) is 137 Å². The smallest absolute Gasteiger partial charge is 0.324 e. The standard InChI is InChI=1S/C8H14N2O4S.2C8H13NO4S.C5H11NO4S/c1-4-5-6-15(13)14-10(3)7(2)8(11)9-12;1-4-5-6-14(11)13-9-7(2)8(10)12-3;1-4-5-6-14(12)13-9(3)7(2)8(10)11;1-4(5(7)9-2)6-10-11(3)8/h7,12H,6H2,1-3H3,(H,9,11);7,9H,6H2,1-3H3;7H,6H2,1-3H3,(H,10,11);4,6H,1-3H3. The largest absolute Gasteiger partial charge is 0.480 e. The molecule has 8 unspecified atom stereocenters. The van der Waals surface area contributed by atoms with Crippen molar-refractivity contribution < 1.29 is 72.9 Å². The fourth-order valence-corrected chi connectivity index (χ4v) is 4.26. The van der Waals surface area contributed by atoms with Gasteiger partial charge >= 0.3 is 17.9 Å². The van der Waals surface area contributed by atoms with Crippen molar-refractivity contribution in [1.82, 2.24) is 26.6 Å². The second kappa shape index (κ2) is 36.8. The Hall–Kier alpha value is -3.20. The number of carboxylic acids is 1. The maximum Gasteiger partial charge on any atom is 0.324 e. The van der Waals surface area contributed by atoms with Crippen LogP contribution in [0.5, 0.6) is 0 Å². The zero-order chi connectivity index (χ0) is 42.8. The van der Waals surface area contributed by atoms with Crippen LogP contribution in [0, 0.1) is 35.5 Å². The van der Waals surface area contributed by atoms with E-state index < -0.39 is 92.3 Å². The van der Waals surface area contributed by atoms with Gasteiger partial charge in [-0.3, -0.25) is 24.4 Å². The molecule has 0 spiro atoms. The lowest BCUT2D eigenvalue weighted by Gasteiger charge is -2.20. The van der Waals surface area contributed by atoms with Crippen molar-refractivity contribution in [2.75, 3.05) is 51.8 Å². The molecule has 0 aliphatic rings. The van der Waals surface area contributed by atoms with E-state index in [1.807, 2.05) is 0 Å². The third kappa shape index (κ3) is 34.6. The Morgan fingerprint density at radius 3 is 1.33 bits per heavy atom. The van der Waals surface area contributed by atoms with Crippen molar-refractivity contribution in [3.05, 3.63) is 0 Å². The fourth-order valence-electron chi connectivity index (χ4n) is 2.00. The number of esters is 2. The molecule has 0 heterocycles. The lowest BCUT2D eigenvalue weighted by molar-refractivity contribution is -0.153. The van der Waals surface area contributed by atoms with Gasteiger partial charge in [-0.15, -0.1) is 17.8 Å². The maximum absolute atomic E-state index is 11.2. The monoisotopic (exact) mass is 853 g/mol. The van der Waals surface area contributed by atoms with Gasteiger partial charge in [-0.25, -0.2) is 26.6 Å². The number of ether oxygens (including phenoxy) is 2. The van der Waals surface area contributed by atoms with Crippen molar-refractivity contribution in [3.63, 3.8) is 0 Å². The van der Waals surface area contributed by atoms with Crippen molar-refractivity contribution in [2.45, 2.75) is 72.6 Å². The highest BCUT2D eigenvalue weighted by atomic mass is 32.2. The summed E-state index contributed by atoms with van der Waals surface area (Å²) in [4.78, 5) is 42.9. The molecule has 0 aromatic carbocycles. The van der Waals surface area contributed by atoms with E-state index in [0.29, 0.717) is 0 Å². The van der Waals surface area contributed by atoms with Gasteiger partial charge in [-0.2, -0.15) is 33.9 Å². The molecule has 5 N–H and O–H groups in total. The molecule has 0 aliphatic carbocycles. The number of hydrogen-bond donors (Lipinski definition) is 5. The van der Waals surface area contributed by atoms with Gasteiger partial charge in [0, 0.05) is 20.4 Å². The number of carbonyl (C=O) groups excluding carboxylic acids is 3. The molecule has 0 saturated heterocycles.